The maximum absolute atomic E-state index is 15.3. The van der Waals surface area contributed by atoms with E-state index < -0.39 is 12.0 Å². The van der Waals surface area contributed by atoms with E-state index in [1.54, 1.807) is 18.3 Å². The second kappa shape index (κ2) is 17.1. The van der Waals surface area contributed by atoms with E-state index in [9.17, 15) is 0 Å². The monoisotopic (exact) mass is 738 g/mol. The topological polar surface area (TPSA) is 6.48 Å². The lowest BCUT2D eigenvalue weighted by atomic mass is 9.94. The van der Waals surface area contributed by atoms with E-state index >= 15 is 8.78 Å². The summed E-state index contributed by atoms with van der Waals surface area (Å²) in [6.45, 7) is 7.69. The number of thiophene rings is 1. The number of alkyl halides is 1. The Hall–Kier alpha value is -6.48. The lowest BCUT2D eigenvalue weighted by Crippen LogP contribution is -2.14. The van der Waals surface area contributed by atoms with Gasteiger partial charge in [-0.15, -0.1) is 17.3 Å². The molecule has 270 valence electrons. The van der Waals surface area contributed by atoms with Gasteiger partial charge in [-0.05, 0) is 116 Å². The quantitative estimate of drug-likeness (QED) is 0.0965. The van der Waals surface area contributed by atoms with E-state index in [0.29, 0.717) is 5.57 Å². The second-order valence-electron chi connectivity index (χ2n) is 12.9. The van der Waals surface area contributed by atoms with Crippen molar-refractivity contribution in [2.45, 2.75) is 26.4 Å². The first kappa shape index (κ1) is 36.9. The van der Waals surface area contributed by atoms with E-state index in [4.69, 9.17) is 0 Å². The van der Waals surface area contributed by atoms with Crippen molar-refractivity contribution in [1.82, 2.24) is 0 Å². The molecule has 2 nitrogen and oxygen atoms in total. The number of hydrogen-bond donors (Lipinski definition) is 0. The van der Waals surface area contributed by atoms with Gasteiger partial charge in [-0.25, -0.2) is 8.78 Å². The third-order valence-corrected chi connectivity index (χ3v) is 10.6. The molecule has 0 N–H and O–H groups in total. The Kier molecular flexibility index (Phi) is 11.5. The summed E-state index contributed by atoms with van der Waals surface area (Å²) in [5.41, 5.74) is 9.57. The average Bonchev–Trinajstić information content (AvgIpc) is 3.68. The van der Waals surface area contributed by atoms with Gasteiger partial charge in [0.15, 0.2) is 0 Å². The van der Waals surface area contributed by atoms with Crippen molar-refractivity contribution in [2.75, 3.05) is 9.80 Å². The minimum atomic E-state index is -1.50. The van der Waals surface area contributed by atoms with Gasteiger partial charge in [0.05, 0.1) is 5.57 Å². The molecule has 1 unspecified atom stereocenters. The van der Waals surface area contributed by atoms with E-state index in [1.165, 1.54) is 6.08 Å². The van der Waals surface area contributed by atoms with Crippen LogP contribution in [0.1, 0.15) is 25.1 Å². The van der Waals surface area contributed by atoms with Crippen molar-refractivity contribution in [3.05, 3.63) is 205 Å². The first-order valence-corrected chi connectivity index (χ1v) is 19.0. The number of para-hydroxylation sites is 3. The highest BCUT2D eigenvalue weighted by Gasteiger charge is 2.26. The number of nitrogens with zero attached hydrogens (tertiary/aromatic N) is 2. The lowest BCUT2D eigenvalue weighted by molar-refractivity contribution is 0.385. The van der Waals surface area contributed by atoms with Gasteiger partial charge in [-0.3, -0.25) is 0 Å². The molecule has 1 aromatic heterocycles. The van der Waals surface area contributed by atoms with Crippen LogP contribution in [-0.2, 0) is 0 Å². The number of benzene rings is 5. The molecule has 7 rings (SSSR count). The van der Waals surface area contributed by atoms with Gasteiger partial charge in [0.25, 0.3) is 0 Å². The number of rotatable bonds is 11. The van der Waals surface area contributed by atoms with E-state index in [-0.39, 0.29) is 12.0 Å². The largest absolute Gasteiger partial charge is 0.311 e. The summed E-state index contributed by atoms with van der Waals surface area (Å²) in [6, 6.07) is 49.8. The fraction of sp³-hybridized carbons (Fsp3) is 0.0800. The summed E-state index contributed by atoms with van der Waals surface area (Å²) >= 11 is 1.55. The zero-order valence-corrected chi connectivity index (χ0v) is 31.6. The Morgan fingerprint density at radius 2 is 1.27 bits per heavy atom. The summed E-state index contributed by atoms with van der Waals surface area (Å²) in [4.78, 5) is 6.23. The van der Waals surface area contributed by atoms with Crippen molar-refractivity contribution in [3.8, 4) is 33.4 Å². The molecular weight excluding hydrogens is 699 g/mol. The molecule has 1 heterocycles. The fourth-order valence-corrected chi connectivity index (χ4v) is 7.97. The minimum Gasteiger partial charge on any atom is -0.311 e. The highest BCUT2D eigenvalue weighted by atomic mass is 32.1. The first-order valence-electron chi connectivity index (χ1n) is 18.2. The first-order chi connectivity index (χ1) is 27.0. The zero-order valence-electron chi connectivity index (χ0n) is 30.8. The molecule has 6 aromatic rings. The highest BCUT2D eigenvalue weighted by molar-refractivity contribution is 7.17. The maximum atomic E-state index is 15.3. The van der Waals surface area contributed by atoms with Crippen molar-refractivity contribution in [2.24, 2.45) is 0 Å². The highest BCUT2D eigenvalue weighted by Crippen LogP contribution is 2.46. The van der Waals surface area contributed by atoms with Crippen LogP contribution in [0.5, 0.6) is 0 Å². The third kappa shape index (κ3) is 8.06. The van der Waals surface area contributed by atoms with Gasteiger partial charge in [0, 0.05) is 55.9 Å². The van der Waals surface area contributed by atoms with Gasteiger partial charge < -0.3 is 9.80 Å². The van der Waals surface area contributed by atoms with Crippen LogP contribution < -0.4 is 9.80 Å². The Labute approximate surface area is 327 Å². The summed E-state index contributed by atoms with van der Waals surface area (Å²) in [5, 5.41) is 0. The number of hydrogen-bond acceptors (Lipinski definition) is 3. The van der Waals surface area contributed by atoms with Crippen LogP contribution >= 0.6 is 11.3 Å². The molecule has 0 fully saturated rings. The molecule has 0 aliphatic heterocycles. The van der Waals surface area contributed by atoms with Gasteiger partial charge in [0.2, 0.25) is 0 Å². The molecule has 0 spiro atoms. The van der Waals surface area contributed by atoms with Crippen LogP contribution in [0.15, 0.2) is 200 Å². The average molecular weight is 739 g/mol. The molecule has 0 saturated heterocycles. The number of allylic oxidation sites excluding steroid dienone is 8. The van der Waals surface area contributed by atoms with Crippen molar-refractivity contribution < 1.29 is 8.78 Å². The number of anilines is 5. The van der Waals surface area contributed by atoms with Crippen molar-refractivity contribution in [3.63, 3.8) is 0 Å². The summed E-state index contributed by atoms with van der Waals surface area (Å²) in [6.07, 6.45) is 7.90. The van der Waals surface area contributed by atoms with Crippen LogP contribution in [0.3, 0.4) is 0 Å². The molecule has 5 heteroatoms. The Balaban J connectivity index is 1.32. The summed E-state index contributed by atoms with van der Waals surface area (Å²) in [5.74, 6) is 4.67. The maximum Gasteiger partial charge on any atom is 0.140 e. The molecule has 0 bridgehead atoms. The second-order valence-corrected chi connectivity index (χ2v) is 14.0. The van der Waals surface area contributed by atoms with E-state index in [0.717, 1.165) is 60.6 Å². The minimum absolute atomic E-state index is 0.0622. The number of halogens is 2. The third-order valence-electron chi connectivity index (χ3n) is 9.37. The van der Waals surface area contributed by atoms with Crippen LogP contribution in [0, 0.1) is 11.8 Å². The normalized spacial score (nSPS) is 14.3. The summed E-state index contributed by atoms with van der Waals surface area (Å²) < 4.78 is 30.6. The molecule has 5 aromatic carbocycles. The molecule has 1 atom stereocenters. The van der Waals surface area contributed by atoms with Gasteiger partial charge in [0.1, 0.15) is 12.0 Å². The molecule has 0 amide bonds. The van der Waals surface area contributed by atoms with E-state index in [2.05, 4.69) is 119 Å². The molecule has 0 saturated carbocycles. The van der Waals surface area contributed by atoms with Crippen LogP contribution in [0.2, 0.25) is 0 Å². The molecule has 1 aliphatic carbocycles. The van der Waals surface area contributed by atoms with Crippen LogP contribution in [0.4, 0.5) is 37.2 Å². The van der Waals surface area contributed by atoms with Crippen molar-refractivity contribution >= 4 is 45.3 Å². The molecular formula is C50H40F2N2S. The van der Waals surface area contributed by atoms with Gasteiger partial charge in [-0.2, -0.15) is 0 Å². The standard InChI is InChI=1S/C50H40F2N2S/c1-4-7-18-39(6-3)53(40-19-11-8-12-20-40)43-29-25-36(26-30-43)46-35-49(38-33-47(51)45(17-5-2)48(52)34-38)55-50(46)37-27-31-44(32-28-37)54(41-21-13-9-14-22-41)42-23-15-10-16-24-42/h4,6-16,18-33,35,48H,3,34H2,1-2H3. The van der Waals surface area contributed by atoms with Crippen LogP contribution in [0.25, 0.3) is 27.1 Å². The smallest absolute Gasteiger partial charge is 0.140 e. The fourth-order valence-electron chi connectivity index (χ4n) is 6.76. The molecule has 0 radical (unpaired) electrons. The molecule has 1 aliphatic rings. The van der Waals surface area contributed by atoms with Gasteiger partial charge in [-0.1, -0.05) is 104 Å². The Bertz CT molecular complexity index is 2410. The lowest BCUT2D eigenvalue weighted by Gasteiger charge is -2.26. The SMILES string of the molecule is C=CC(=CC=CC)N(c1ccccc1)c1ccc(-c2cc(C3=CC(F)=C(C#CC)C(F)C3)sc2-c2ccc(N(c3ccccc3)c3ccccc3)cc2)cc1. The molecule has 55 heavy (non-hydrogen) atoms. The summed E-state index contributed by atoms with van der Waals surface area (Å²) in [7, 11) is 0. The van der Waals surface area contributed by atoms with E-state index in [1.807, 2.05) is 85.8 Å². The van der Waals surface area contributed by atoms with Gasteiger partial charge >= 0.3 is 0 Å². The van der Waals surface area contributed by atoms with Crippen LogP contribution in [-0.4, -0.2) is 6.17 Å². The predicted molar refractivity (Wildman–Crippen MR) is 231 cm³/mol. The van der Waals surface area contributed by atoms with Crippen molar-refractivity contribution in [1.29, 1.82) is 0 Å². The zero-order chi connectivity index (χ0) is 38.1. The Morgan fingerprint density at radius 1 is 0.745 bits per heavy atom. The Morgan fingerprint density at radius 3 is 1.82 bits per heavy atom. The predicted octanol–water partition coefficient (Wildman–Crippen LogP) is 14.7.